The van der Waals surface area contributed by atoms with Crippen LogP contribution in [0.4, 0.5) is 5.69 Å². The van der Waals surface area contributed by atoms with E-state index >= 15 is 0 Å². The lowest BCUT2D eigenvalue weighted by Gasteiger charge is -2.37. The Hall–Kier alpha value is -1.19. The van der Waals surface area contributed by atoms with Crippen molar-refractivity contribution in [1.82, 2.24) is 9.29 Å². The van der Waals surface area contributed by atoms with Gasteiger partial charge < -0.3 is 0 Å². The molecular formula is C12H19N3O4S2. The van der Waals surface area contributed by atoms with Crippen LogP contribution in [0.2, 0.25) is 0 Å². The normalized spacial score (nSPS) is 17.5. The van der Waals surface area contributed by atoms with E-state index in [1.54, 1.807) is 25.3 Å². The smallest absolute Gasteiger partial charge is 0.235 e. The lowest BCUT2D eigenvalue weighted by Crippen LogP contribution is -2.52. The molecule has 1 aliphatic heterocycles. The van der Waals surface area contributed by atoms with Gasteiger partial charge in [0, 0.05) is 37.9 Å². The minimum atomic E-state index is -3.48. The molecule has 0 radical (unpaired) electrons. The zero-order valence-electron chi connectivity index (χ0n) is 12.2. The molecule has 0 spiro atoms. The van der Waals surface area contributed by atoms with Gasteiger partial charge in [-0.1, -0.05) is 0 Å². The van der Waals surface area contributed by atoms with Gasteiger partial charge in [-0.15, -0.1) is 0 Å². The van der Waals surface area contributed by atoms with Gasteiger partial charge in [0.15, 0.2) is 0 Å². The third kappa shape index (κ3) is 3.72. The first-order chi connectivity index (χ1) is 9.59. The molecule has 1 aromatic heterocycles. The van der Waals surface area contributed by atoms with E-state index in [0.29, 0.717) is 5.69 Å². The Morgan fingerprint density at radius 2 is 1.95 bits per heavy atom. The molecule has 21 heavy (non-hydrogen) atoms. The summed E-state index contributed by atoms with van der Waals surface area (Å²) in [7, 11) is -5.19. The SMILES string of the molecule is Cc1cc(N(C)S(=O)(=O)CC2CN(S(C)(=O)=O)C2)ccn1. The molecule has 1 aromatic rings. The van der Waals surface area contributed by atoms with Gasteiger partial charge in [0.25, 0.3) is 0 Å². The molecule has 1 saturated heterocycles. The zero-order valence-corrected chi connectivity index (χ0v) is 13.9. The topological polar surface area (TPSA) is 87.7 Å². The maximum Gasteiger partial charge on any atom is 0.235 e. The molecule has 9 heteroatoms. The minimum Gasteiger partial charge on any atom is -0.273 e. The monoisotopic (exact) mass is 333 g/mol. The lowest BCUT2D eigenvalue weighted by molar-refractivity contribution is 0.221. The van der Waals surface area contributed by atoms with Crippen LogP contribution in [0, 0.1) is 12.8 Å². The van der Waals surface area contributed by atoms with Crippen molar-refractivity contribution in [2.24, 2.45) is 5.92 Å². The lowest BCUT2D eigenvalue weighted by atomic mass is 10.1. The second-order valence-corrected chi connectivity index (χ2v) is 9.37. The number of aryl methyl sites for hydroxylation is 1. The van der Waals surface area contributed by atoms with Crippen molar-refractivity contribution in [3.05, 3.63) is 24.0 Å². The van der Waals surface area contributed by atoms with Gasteiger partial charge in [0.05, 0.1) is 17.7 Å². The van der Waals surface area contributed by atoms with Crippen molar-refractivity contribution >= 4 is 25.7 Å². The summed E-state index contributed by atoms with van der Waals surface area (Å²) in [6.45, 7) is 2.32. The average Bonchev–Trinajstić information content (AvgIpc) is 2.31. The van der Waals surface area contributed by atoms with Gasteiger partial charge in [-0.2, -0.15) is 0 Å². The second kappa shape index (κ2) is 5.54. The highest BCUT2D eigenvalue weighted by atomic mass is 32.2. The van der Waals surface area contributed by atoms with Crippen molar-refractivity contribution < 1.29 is 16.8 Å². The molecule has 2 rings (SSSR count). The molecule has 2 heterocycles. The number of anilines is 1. The highest BCUT2D eigenvalue weighted by molar-refractivity contribution is 7.92. The van der Waals surface area contributed by atoms with Crippen molar-refractivity contribution in [1.29, 1.82) is 0 Å². The number of nitrogens with zero attached hydrogens (tertiary/aromatic N) is 3. The fraction of sp³-hybridized carbons (Fsp3) is 0.583. The van der Waals surface area contributed by atoms with Gasteiger partial charge in [-0.3, -0.25) is 9.29 Å². The number of hydrogen-bond donors (Lipinski definition) is 0. The number of aromatic nitrogens is 1. The summed E-state index contributed by atoms with van der Waals surface area (Å²) >= 11 is 0. The minimum absolute atomic E-state index is 0.0586. The highest BCUT2D eigenvalue weighted by Gasteiger charge is 2.37. The molecular weight excluding hydrogens is 314 g/mol. The van der Waals surface area contributed by atoms with E-state index in [4.69, 9.17) is 0 Å². The van der Waals surface area contributed by atoms with Crippen LogP contribution >= 0.6 is 0 Å². The number of rotatable bonds is 5. The summed E-state index contributed by atoms with van der Waals surface area (Å²) in [6, 6.07) is 3.33. The van der Waals surface area contributed by atoms with Crippen LogP contribution in [0.5, 0.6) is 0 Å². The predicted octanol–water partition coefficient (Wildman–Crippen LogP) is 0.0474. The van der Waals surface area contributed by atoms with Gasteiger partial charge in [0.2, 0.25) is 20.0 Å². The zero-order chi connectivity index (χ0) is 15.8. The van der Waals surface area contributed by atoms with Crippen LogP contribution < -0.4 is 4.31 Å². The van der Waals surface area contributed by atoms with Crippen molar-refractivity contribution in [2.75, 3.05) is 36.5 Å². The van der Waals surface area contributed by atoms with E-state index in [1.807, 2.05) is 0 Å². The molecule has 118 valence electrons. The van der Waals surface area contributed by atoms with Gasteiger partial charge in [0.1, 0.15) is 0 Å². The summed E-state index contributed by atoms with van der Waals surface area (Å²) in [5.74, 6) is -0.216. The van der Waals surface area contributed by atoms with Crippen molar-refractivity contribution in [3.63, 3.8) is 0 Å². The number of pyridine rings is 1. The Bertz CT molecular complexity index is 725. The third-order valence-corrected chi connectivity index (χ3v) is 6.67. The summed E-state index contributed by atoms with van der Waals surface area (Å²) in [5, 5.41) is 0. The number of hydrogen-bond acceptors (Lipinski definition) is 5. The fourth-order valence-electron chi connectivity index (χ4n) is 2.20. The molecule has 7 nitrogen and oxygen atoms in total. The van der Waals surface area contributed by atoms with E-state index in [9.17, 15) is 16.8 Å². The Morgan fingerprint density at radius 1 is 1.33 bits per heavy atom. The first-order valence-corrected chi connectivity index (χ1v) is 9.90. The maximum absolute atomic E-state index is 12.3. The maximum atomic E-state index is 12.3. The predicted molar refractivity (Wildman–Crippen MR) is 81.1 cm³/mol. The number of sulfonamides is 2. The van der Waals surface area contributed by atoms with Crippen molar-refractivity contribution in [3.8, 4) is 0 Å². The molecule has 1 aliphatic rings. The van der Waals surface area contributed by atoms with Crippen LogP contribution in [-0.4, -0.2) is 58.3 Å². The van der Waals surface area contributed by atoms with Crippen LogP contribution in [-0.2, 0) is 20.0 Å². The molecule has 0 atom stereocenters. The van der Waals surface area contributed by atoms with E-state index in [0.717, 1.165) is 11.9 Å². The summed E-state index contributed by atoms with van der Waals surface area (Å²) in [6.07, 6.45) is 2.69. The summed E-state index contributed by atoms with van der Waals surface area (Å²) in [5.41, 5.74) is 1.29. The van der Waals surface area contributed by atoms with Crippen molar-refractivity contribution in [2.45, 2.75) is 6.92 Å². The molecule has 0 bridgehead atoms. The van der Waals surface area contributed by atoms with Gasteiger partial charge in [-0.05, 0) is 19.1 Å². The molecule has 0 unspecified atom stereocenters. The van der Waals surface area contributed by atoms with E-state index in [2.05, 4.69) is 4.98 Å². The van der Waals surface area contributed by atoms with Crippen LogP contribution in [0.15, 0.2) is 18.3 Å². The summed E-state index contributed by atoms with van der Waals surface area (Å²) < 4.78 is 49.7. The molecule has 0 N–H and O–H groups in total. The molecule has 0 amide bonds. The second-order valence-electron chi connectivity index (χ2n) is 5.35. The van der Waals surface area contributed by atoms with Gasteiger partial charge >= 0.3 is 0 Å². The Morgan fingerprint density at radius 3 is 2.48 bits per heavy atom. The molecule has 0 saturated carbocycles. The highest BCUT2D eigenvalue weighted by Crippen LogP contribution is 2.23. The molecule has 0 aromatic carbocycles. The first kappa shape index (κ1) is 16.2. The van der Waals surface area contributed by atoms with E-state index < -0.39 is 20.0 Å². The standard InChI is InChI=1S/C12H19N3O4S2/c1-10-6-12(4-5-13-10)14(2)21(18,19)9-11-7-15(8-11)20(3,16)17/h4-6,11H,7-9H2,1-3H3. The largest absolute Gasteiger partial charge is 0.273 e. The molecule has 1 fully saturated rings. The summed E-state index contributed by atoms with van der Waals surface area (Å²) in [4.78, 5) is 4.03. The third-order valence-electron chi connectivity index (χ3n) is 3.50. The Balaban J connectivity index is 2.03. The van der Waals surface area contributed by atoms with Crippen LogP contribution in [0.3, 0.4) is 0 Å². The van der Waals surface area contributed by atoms with Crippen LogP contribution in [0.25, 0.3) is 0 Å². The van der Waals surface area contributed by atoms with Crippen LogP contribution in [0.1, 0.15) is 5.69 Å². The first-order valence-electron chi connectivity index (χ1n) is 6.44. The quantitative estimate of drug-likeness (QED) is 0.760. The Labute approximate surface area is 125 Å². The average molecular weight is 333 g/mol. The fourth-order valence-corrected chi connectivity index (χ4v) is 4.62. The van der Waals surface area contributed by atoms with Gasteiger partial charge in [-0.25, -0.2) is 21.1 Å². The van der Waals surface area contributed by atoms with E-state index in [-0.39, 0.29) is 24.8 Å². The Kier molecular flexibility index (Phi) is 4.27. The molecule has 0 aliphatic carbocycles. The van der Waals surface area contributed by atoms with E-state index in [1.165, 1.54) is 15.7 Å².